The van der Waals surface area contributed by atoms with Crippen molar-refractivity contribution in [3.05, 3.63) is 52.6 Å². The first-order valence-corrected chi connectivity index (χ1v) is 8.04. The van der Waals surface area contributed by atoms with Gasteiger partial charge in [0.25, 0.3) is 0 Å². The van der Waals surface area contributed by atoms with E-state index >= 15 is 0 Å². The molecule has 2 aromatic rings. The quantitative estimate of drug-likeness (QED) is 0.790. The lowest BCUT2D eigenvalue weighted by molar-refractivity contribution is 0.0640. The van der Waals surface area contributed by atoms with Crippen LogP contribution >= 0.6 is 0 Å². The van der Waals surface area contributed by atoms with E-state index in [9.17, 15) is 0 Å². The lowest BCUT2D eigenvalue weighted by Gasteiger charge is -2.17. The van der Waals surface area contributed by atoms with Crippen LogP contribution in [0.25, 0.3) is 11.1 Å². The van der Waals surface area contributed by atoms with E-state index < -0.39 is 0 Å². The standard InChI is InChI=1S/C20H24O2/c1-5-22-19-10-9-16-17(19)7-6-8-18(16)20-13(2)11-15(21-4)12-14(20)3/h6-8,11-12,19H,5,9-10H2,1-4H3/t19-/m1/s1. The molecule has 0 N–H and O–H groups in total. The molecule has 0 heterocycles. The lowest BCUT2D eigenvalue weighted by atomic mass is 9.90. The summed E-state index contributed by atoms with van der Waals surface area (Å²) in [5.41, 5.74) is 8.06. The molecule has 3 rings (SSSR count). The van der Waals surface area contributed by atoms with E-state index in [4.69, 9.17) is 9.47 Å². The predicted molar refractivity (Wildman–Crippen MR) is 90.6 cm³/mol. The lowest BCUT2D eigenvalue weighted by Crippen LogP contribution is -2.00. The van der Waals surface area contributed by atoms with Gasteiger partial charge in [0.05, 0.1) is 13.2 Å². The second-order valence-corrected chi connectivity index (χ2v) is 5.99. The summed E-state index contributed by atoms with van der Waals surface area (Å²) in [7, 11) is 1.72. The fraction of sp³-hybridized carbons (Fsp3) is 0.400. The highest BCUT2D eigenvalue weighted by Crippen LogP contribution is 2.41. The highest BCUT2D eigenvalue weighted by Gasteiger charge is 2.26. The van der Waals surface area contributed by atoms with Crippen LogP contribution in [0.2, 0.25) is 0 Å². The molecular weight excluding hydrogens is 272 g/mol. The minimum absolute atomic E-state index is 0.263. The molecule has 1 atom stereocenters. The van der Waals surface area contributed by atoms with Crippen molar-refractivity contribution < 1.29 is 9.47 Å². The van der Waals surface area contributed by atoms with Gasteiger partial charge in [-0.25, -0.2) is 0 Å². The average Bonchev–Trinajstić information content (AvgIpc) is 2.91. The van der Waals surface area contributed by atoms with E-state index in [0.717, 1.165) is 25.2 Å². The predicted octanol–water partition coefficient (Wildman–Crippen LogP) is 5.00. The summed E-state index contributed by atoms with van der Waals surface area (Å²) < 4.78 is 11.3. The Morgan fingerprint density at radius 2 is 1.86 bits per heavy atom. The molecule has 0 saturated carbocycles. The molecule has 0 radical (unpaired) electrons. The number of benzene rings is 2. The van der Waals surface area contributed by atoms with Gasteiger partial charge in [0.2, 0.25) is 0 Å². The third-order valence-corrected chi connectivity index (χ3v) is 4.59. The zero-order valence-corrected chi connectivity index (χ0v) is 13.9. The van der Waals surface area contributed by atoms with Crippen LogP contribution in [0.3, 0.4) is 0 Å². The molecule has 0 amide bonds. The SMILES string of the molecule is CCO[C@@H]1CCc2c(-c3c(C)cc(OC)cc3C)cccc21. The topological polar surface area (TPSA) is 18.5 Å². The van der Waals surface area contributed by atoms with Crippen molar-refractivity contribution in [2.75, 3.05) is 13.7 Å². The molecule has 0 aliphatic heterocycles. The summed E-state index contributed by atoms with van der Waals surface area (Å²) >= 11 is 0. The molecule has 2 nitrogen and oxygen atoms in total. The molecule has 0 spiro atoms. The van der Waals surface area contributed by atoms with Crippen molar-refractivity contribution in [3.63, 3.8) is 0 Å². The Morgan fingerprint density at radius 1 is 1.14 bits per heavy atom. The van der Waals surface area contributed by atoms with Gasteiger partial charge in [0.1, 0.15) is 5.75 Å². The number of rotatable bonds is 4. The van der Waals surface area contributed by atoms with Crippen molar-refractivity contribution in [2.24, 2.45) is 0 Å². The Balaban J connectivity index is 2.11. The summed E-state index contributed by atoms with van der Waals surface area (Å²) in [5.74, 6) is 0.929. The fourth-order valence-electron chi connectivity index (χ4n) is 3.69. The zero-order chi connectivity index (χ0) is 15.7. The van der Waals surface area contributed by atoms with Crippen LogP contribution in [0.5, 0.6) is 5.75 Å². The summed E-state index contributed by atoms with van der Waals surface area (Å²) in [6.45, 7) is 7.17. The molecule has 1 aliphatic rings. The van der Waals surface area contributed by atoms with Crippen LogP contribution in [0.15, 0.2) is 30.3 Å². The number of methoxy groups -OCH3 is 1. The fourth-order valence-corrected chi connectivity index (χ4v) is 3.69. The number of fused-ring (bicyclic) bond motifs is 1. The van der Waals surface area contributed by atoms with Crippen LogP contribution in [0.4, 0.5) is 0 Å². The van der Waals surface area contributed by atoms with Crippen molar-refractivity contribution in [2.45, 2.75) is 39.7 Å². The molecule has 0 unspecified atom stereocenters. The first-order chi connectivity index (χ1) is 10.7. The molecule has 116 valence electrons. The van der Waals surface area contributed by atoms with E-state index in [0.29, 0.717) is 0 Å². The van der Waals surface area contributed by atoms with Crippen molar-refractivity contribution in [3.8, 4) is 16.9 Å². The molecule has 2 heteroatoms. The summed E-state index contributed by atoms with van der Waals surface area (Å²) in [6, 6.07) is 10.9. The van der Waals surface area contributed by atoms with E-state index in [2.05, 4.69) is 51.1 Å². The van der Waals surface area contributed by atoms with Gasteiger partial charge in [-0.1, -0.05) is 18.2 Å². The van der Waals surface area contributed by atoms with Crippen LogP contribution in [-0.4, -0.2) is 13.7 Å². The van der Waals surface area contributed by atoms with E-state index in [-0.39, 0.29) is 6.10 Å². The number of hydrogen-bond acceptors (Lipinski definition) is 2. The Hall–Kier alpha value is -1.80. The van der Waals surface area contributed by atoms with E-state index in [1.165, 1.54) is 33.4 Å². The molecule has 0 aromatic heterocycles. The molecule has 2 aromatic carbocycles. The highest BCUT2D eigenvalue weighted by molar-refractivity contribution is 5.76. The van der Waals surface area contributed by atoms with Gasteiger partial charge in [0.15, 0.2) is 0 Å². The third kappa shape index (κ3) is 2.52. The number of aryl methyl sites for hydroxylation is 2. The first-order valence-electron chi connectivity index (χ1n) is 8.04. The Labute approximate surface area is 133 Å². The molecule has 0 bridgehead atoms. The van der Waals surface area contributed by atoms with Crippen LogP contribution in [0.1, 0.15) is 41.7 Å². The summed E-state index contributed by atoms with van der Waals surface area (Å²) in [6.07, 6.45) is 2.45. The smallest absolute Gasteiger partial charge is 0.119 e. The second-order valence-electron chi connectivity index (χ2n) is 5.99. The summed E-state index contributed by atoms with van der Waals surface area (Å²) in [4.78, 5) is 0. The first kappa shape index (κ1) is 15.1. The maximum absolute atomic E-state index is 5.90. The third-order valence-electron chi connectivity index (χ3n) is 4.59. The van der Waals surface area contributed by atoms with Gasteiger partial charge >= 0.3 is 0 Å². The van der Waals surface area contributed by atoms with Crippen LogP contribution in [0, 0.1) is 13.8 Å². The monoisotopic (exact) mass is 296 g/mol. The number of ether oxygens (including phenoxy) is 2. The van der Waals surface area contributed by atoms with Gasteiger partial charge in [-0.3, -0.25) is 0 Å². The minimum Gasteiger partial charge on any atom is -0.497 e. The van der Waals surface area contributed by atoms with E-state index in [1.54, 1.807) is 7.11 Å². The van der Waals surface area contributed by atoms with Crippen molar-refractivity contribution >= 4 is 0 Å². The van der Waals surface area contributed by atoms with Crippen LogP contribution < -0.4 is 4.74 Å². The van der Waals surface area contributed by atoms with Gasteiger partial charge in [-0.15, -0.1) is 0 Å². The Morgan fingerprint density at radius 3 is 2.50 bits per heavy atom. The normalized spacial score (nSPS) is 16.6. The average molecular weight is 296 g/mol. The molecule has 22 heavy (non-hydrogen) atoms. The minimum atomic E-state index is 0.263. The van der Waals surface area contributed by atoms with Crippen molar-refractivity contribution in [1.29, 1.82) is 0 Å². The van der Waals surface area contributed by atoms with Gasteiger partial charge in [-0.05, 0) is 79.1 Å². The second kappa shape index (κ2) is 6.13. The summed E-state index contributed by atoms with van der Waals surface area (Å²) in [5, 5.41) is 0. The number of hydrogen-bond donors (Lipinski definition) is 0. The van der Waals surface area contributed by atoms with Gasteiger partial charge in [0, 0.05) is 6.61 Å². The van der Waals surface area contributed by atoms with E-state index in [1.807, 2.05) is 0 Å². The van der Waals surface area contributed by atoms with Gasteiger partial charge < -0.3 is 9.47 Å². The van der Waals surface area contributed by atoms with Crippen LogP contribution in [-0.2, 0) is 11.2 Å². The highest BCUT2D eigenvalue weighted by atomic mass is 16.5. The molecule has 0 saturated heterocycles. The van der Waals surface area contributed by atoms with Crippen molar-refractivity contribution in [1.82, 2.24) is 0 Å². The molecule has 1 aliphatic carbocycles. The zero-order valence-electron chi connectivity index (χ0n) is 13.9. The molecular formula is C20H24O2. The Kier molecular flexibility index (Phi) is 4.21. The van der Waals surface area contributed by atoms with Gasteiger partial charge in [-0.2, -0.15) is 0 Å². The Bertz CT molecular complexity index is 665. The maximum Gasteiger partial charge on any atom is 0.119 e. The maximum atomic E-state index is 5.90. The molecule has 0 fully saturated rings. The largest absolute Gasteiger partial charge is 0.497 e.